The Hall–Kier alpha value is -3.55. The molecule has 28 heavy (non-hydrogen) atoms. The van der Waals surface area contributed by atoms with Gasteiger partial charge in [0.05, 0.1) is 5.69 Å². The molecule has 0 unspecified atom stereocenters. The maximum Gasteiger partial charge on any atom is 0.272 e. The first-order valence-electron chi connectivity index (χ1n) is 9.00. The van der Waals surface area contributed by atoms with Crippen molar-refractivity contribution in [2.24, 2.45) is 0 Å². The smallest absolute Gasteiger partial charge is 0.272 e. The van der Waals surface area contributed by atoms with E-state index in [9.17, 15) is 9.18 Å². The molecule has 0 saturated carbocycles. The zero-order valence-electron chi connectivity index (χ0n) is 15.1. The molecule has 1 aromatic carbocycles. The summed E-state index contributed by atoms with van der Waals surface area (Å²) in [6.45, 7) is 2.56. The van der Waals surface area contributed by atoms with E-state index in [1.807, 2.05) is 18.2 Å². The van der Waals surface area contributed by atoms with E-state index in [4.69, 9.17) is 0 Å². The van der Waals surface area contributed by atoms with E-state index >= 15 is 0 Å². The van der Waals surface area contributed by atoms with Crippen molar-refractivity contribution < 1.29 is 9.18 Å². The van der Waals surface area contributed by atoms with Gasteiger partial charge in [0, 0.05) is 38.6 Å². The number of nitrogens with zero attached hydrogens (tertiary/aromatic N) is 5. The Morgan fingerprint density at radius 2 is 1.71 bits per heavy atom. The third-order valence-corrected chi connectivity index (χ3v) is 4.54. The van der Waals surface area contributed by atoms with E-state index in [-0.39, 0.29) is 23.2 Å². The van der Waals surface area contributed by atoms with Gasteiger partial charge >= 0.3 is 0 Å². The first-order chi connectivity index (χ1) is 13.7. The number of piperazine rings is 1. The van der Waals surface area contributed by atoms with Crippen LogP contribution in [0.15, 0.2) is 60.9 Å². The van der Waals surface area contributed by atoms with Gasteiger partial charge < -0.3 is 15.1 Å². The Kier molecular flexibility index (Phi) is 5.09. The fraction of sp³-hybridized carbons (Fsp3) is 0.200. The van der Waals surface area contributed by atoms with Crippen molar-refractivity contribution in [1.29, 1.82) is 0 Å². The molecule has 1 aliphatic heterocycles. The van der Waals surface area contributed by atoms with Crippen LogP contribution in [0.1, 0.15) is 10.5 Å². The molecule has 0 atom stereocenters. The van der Waals surface area contributed by atoms with Gasteiger partial charge in [0.25, 0.3) is 5.91 Å². The molecule has 3 heterocycles. The van der Waals surface area contributed by atoms with Crippen LogP contribution in [-0.2, 0) is 0 Å². The lowest BCUT2D eigenvalue weighted by Crippen LogP contribution is -2.49. The number of para-hydroxylation sites is 1. The van der Waals surface area contributed by atoms with Gasteiger partial charge in [-0.1, -0.05) is 18.2 Å². The lowest BCUT2D eigenvalue weighted by atomic mass is 10.2. The molecule has 1 amide bonds. The molecule has 0 spiro atoms. The summed E-state index contributed by atoms with van der Waals surface area (Å²) >= 11 is 0. The largest absolute Gasteiger partial charge is 0.353 e. The Labute approximate surface area is 161 Å². The molecule has 4 rings (SSSR count). The number of aromatic nitrogens is 3. The molecule has 0 radical (unpaired) electrons. The van der Waals surface area contributed by atoms with Crippen molar-refractivity contribution in [3.8, 4) is 0 Å². The minimum Gasteiger partial charge on any atom is -0.353 e. The number of carbonyl (C=O) groups excluding carboxylic acids is 1. The molecule has 0 bridgehead atoms. The fourth-order valence-corrected chi connectivity index (χ4v) is 3.06. The second kappa shape index (κ2) is 7.99. The minimum absolute atomic E-state index is 0.167. The fourth-order valence-electron chi connectivity index (χ4n) is 3.06. The molecule has 1 fully saturated rings. The maximum atomic E-state index is 13.8. The SMILES string of the molecule is O=C(c1ccnc(Nc2ccccc2F)n1)N1CCN(c2ccccn2)CC1. The highest BCUT2D eigenvalue weighted by Gasteiger charge is 2.24. The average molecular weight is 378 g/mol. The molecule has 2 aromatic heterocycles. The summed E-state index contributed by atoms with van der Waals surface area (Å²) < 4.78 is 13.8. The summed E-state index contributed by atoms with van der Waals surface area (Å²) in [6, 6.07) is 13.6. The number of hydrogen-bond donors (Lipinski definition) is 1. The lowest BCUT2D eigenvalue weighted by Gasteiger charge is -2.35. The number of benzene rings is 1. The molecule has 1 aliphatic rings. The van der Waals surface area contributed by atoms with Crippen molar-refractivity contribution in [2.45, 2.75) is 0 Å². The van der Waals surface area contributed by atoms with Crippen LogP contribution in [0.25, 0.3) is 0 Å². The minimum atomic E-state index is -0.409. The van der Waals surface area contributed by atoms with E-state index in [0.29, 0.717) is 26.2 Å². The Morgan fingerprint density at radius 1 is 0.929 bits per heavy atom. The molecule has 3 aromatic rings. The van der Waals surface area contributed by atoms with Crippen LogP contribution in [0.4, 0.5) is 21.8 Å². The van der Waals surface area contributed by atoms with Crippen molar-refractivity contribution in [2.75, 3.05) is 36.4 Å². The summed E-state index contributed by atoms with van der Waals surface area (Å²) in [7, 11) is 0. The van der Waals surface area contributed by atoms with Crippen LogP contribution in [0, 0.1) is 5.82 Å². The van der Waals surface area contributed by atoms with Gasteiger partial charge in [-0.15, -0.1) is 0 Å². The predicted octanol–water partition coefficient (Wildman–Crippen LogP) is 2.72. The second-order valence-electron chi connectivity index (χ2n) is 6.34. The monoisotopic (exact) mass is 378 g/mol. The van der Waals surface area contributed by atoms with E-state index in [1.165, 1.54) is 12.3 Å². The van der Waals surface area contributed by atoms with Gasteiger partial charge in [-0.2, -0.15) is 0 Å². The number of halogens is 1. The quantitative estimate of drug-likeness (QED) is 0.753. The molecule has 8 heteroatoms. The summed E-state index contributed by atoms with van der Waals surface area (Å²) in [5, 5.41) is 2.81. The van der Waals surface area contributed by atoms with Crippen LogP contribution >= 0.6 is 0 Å². The van der Waals surface area contributed by atoms with E-state index in [0.717, 1.165) is 5.82 Å². The number of carbonyl (C=O) groups is 1. The average Bonchev–Trinajstić information content (AvgIpc) is 2.76. The number of nitrogens with one attached hydrogen (secondary N) is 1. The highest BCUT2D eigenvalue weighted by Crippen LogP contribution is 2.18. The van der Waals surface area contributed by atoms with Gasteiger partial charge in [0.15, 0.2) is 0 Å². The van der Waals surface area contributed by atoms with Crippen molar-refractivity contribution in [1.82, 2.24) is 19.9 Å². The summed E-state index contributed by atoms with van der Waals surface area (Å²) in [6.07, 6.45) is 3.26. The summed E-state index contributed by atoms with van der Waals surface area (Å²) in [5.41, 5.74) is 0.538. The molecule has 1 saturated heterocycles. The first-order valence-corrected chi connectivity index (χ1v) is 9.00. The number of pyridine rings is 1. The highest BCUT2D eigenvalue weighted by atomic mass is 19.1. The molecule has 1 N–H and O–H groups in total. The topological polar surface area (TPSA) is 74.2 Å². The lowest BCUT2D eigenvalue weighted by molar-refractivity contribution is 0.0740. The zero-order valence-corrected chi connectivity index (χ0v) is 15.1. The van der Waals surface area contributed by atoms with Crippen molar-refractivity contribution in [3.05, 3.63) is 72.4 Å². The highest BCUT2D eigenvalue weighted by molar-refractivity contribution is 5.92. The second-order valence-corrected chi connectivity index (χ2v) is 6.34. The third kappa shape index (κ3) is 3.90. The maximum absolute atomic E-state index is 13.8. The normalized spacial score (nSPS) is 14.0. The van der Waals surface area contributed by atoms with Crippen molar-refractivity contribution >= 4 is 23.4 Å². The molecule has 7 nitrogen and oxygen atoms in total. The number of hydrogen-bond acceptors (Lipinski definition) is 6. The Bertz CT molecular complexity index is 960. The zero-order chi connectivity index (χ0) is 19.3. The molecule has 142 valence electrons. The number of amides is 1. The van der Waals surface area contributed by atoms with E-state index in [2.05, 4.69) is 25.2 Å². The van der Waals surface area contributed by atoms with E-state index < -0.39 is 5.82 Å². The number of rotatable bonds is 4. The van der Waals surface area contributed by atoms with Gasteiger partial charge in [0.1, 0.15) is 17.3 Å². The Balaban J connectivity index is 1.42. The van der Waals surface area contributed by atoms with E-state index in [1.54, 1.807) is 35.4 Å². The van der Waals surface area contributed by atoms with Gasteiger partial charge in [-0.05, 0) is 30.3 Å². The van der Waals surface area contributed by atoms with Crippen LogP contribution in [-0.4, -0.2) is 51.9 Å². The van der Waals surface area contributed by atoms with Gasteiger partial charge in [-0.25, -0.2) is 19.3 Å². The first kappa shape index (κ1) is 17.8. The summed E-state index contributed by atoms with van der Waals surface area (Å²) in [4.78, 5) is 29.4. The number of anilines is 3. The van der Waals surface area contributed by atoms with Crippen LogP contribution in [0.5, 0.6) is 0 Å². The van der Waals surface area contributed by atoms with Crippen LogP contribution < -0.4 is 10.2 Å². The van der Waals surface area contributed by atoms with Crippen LogP contribution in [0.3, 0.4) is 0 Å². The standard InChI is InChI=1S/C20H19FN6O/c21-15-5-1-2-6-16(15)24-20-23-10-8-17(25-20)19(28)27-13-11-26(12-14-27)18-7-3-4-9-22-18/h1-10H,11-14H2,(H,23,24,25). The third-order valence-electron chi connectivity index (χ3n) is 4.54. The van der Waals surface area contributed by atoms with Gasteiger partial charge in [-0.3, -0.25) is 4.79 Å². The molecular formula is C20H19FN6O. The molecular weight excluding hydrogens is 359 g/mol. The molecule has 0 aliphatic carbocycles. The van der Waals surface area contributed by atoms with Gasteiger partial charge in [0.2, 0.25) is 5.95 Å². The summed E-state index contributed by atoms with van der Waals surface area (Å²) in [5.74, 6) is 0.518. The van der Waals surface area contributed by atoms with Crippen LogP contribution in [0.2, 0.25) is 0 Å². The van der Waals surface area contributed by atoms with Crippen molar-refractivity contribution in [3.63, 3.8) is 0 Å². The Morgan fingerprint density at radius 3 is 2.46 bits per heavy atom. The predicted molar refractivity (Wildman–Crippen MR) is 104 cm³/mol.